The highest BCUT2D eigenvalue weighted by Crippen LogP contribution is 2.32. The standard InChI is InChI=1S/C15H19FO4S/c16-12-7-9-13(10-8-12)21(19,20)14(15(17)18)11-5-3-1-2-4-6-11/h7-11,14H,1-6H2,(H,17,18). The molecule has 6 heteroatoms. The van der Waals surface area contributed by atoms with Crippen LogP contribution < -0.4 is 0 Å². The zero-order chi connectivity index (χ0) is 15.5. The zero-order valence-corrected chi connectivity index (χ0v) is 12.5. The minimum atomic E-state index is -4.00. The molecule has 0 radical (unpaired) electrons. The van der Waals surface area contributed by atoms with E-state index in [1.54, 1.807) is 0 Å². The van der Waals surface area contributed by atoms with E-state index >= 15 is 0 Å². The van der Waals surface area contributed by atoms with E-state index in [-0.39, 0.29) is 10.8 Å². The molecule has 0 aromatic heterocycles. The van der Waals surface area contributed by atoms with E-state index in [1.807, 2.05) is 0 Å². The van der Waals surface area contributed by atoms with Crippen LogP contribution >= 0.6 is 0 Å². The highest BCUT2D eigenvalue weighted by atomic mass is 32.2. The summed E-state index contributed by atoms with van der Waals surface area (Å²) in [6.07, 6.45) is 4.95. The van der Waals surface area contributed by atoms with Gasteiger partial charge < -0.3 is 5.11 Å². The number of aliphatic carboxylic acids is 1. The van der Waals surface area contributed by atoms with Crippen molar-refractivity contribution in [2.24, 2.45) is 5.92 Å². The SMILES string of the molecule is O=C(O)C(C1CCCCCC1)S(=O)(=O)c1ccc(F)cc1. The Morgan fingerprint density at radius 2 is 1.62 bits per heavy atom. The number of halogens is 1. The third kappa shape index (κ3) is 3.61. The van der Waals surface area contributed by atoms with Crippen molar-refractivity contribution in [3.8, 4) is 0 Å². The topological polar surface area (TPSA) is 71.4 Å². The third-order valence-electron chi connectivity index (χ3n) is 4.05. The molecule has 1 atom stereocenters. The molecule has 1 N–H and O–H groups in total. The van der Waals surface area contributed by atoms with Crippen molar-refractivity contribution in [3.05, 3.63) is 30.1 Å². The Morgan fingerprint density at radius 3 is 2.10 bits per heavy atom. The monoisotopic (exact) mass is 314 g/mol. The van der Waals surface area contributed by atoms with Gasteiger partial charge in [-0.05, 0) is 43.0 Å². The molecule has 1 unspecified atom stereocenters. The van der Waals surface area contributed by atoms with Gasteiger partial charge in [-0.25, -0.2) is 12.8 Å². The van der Waals surface area contributed by atoms with E-state index < -0.39 is 26.9 Å². The van der Waals surface area contributed by atoms with Crippen molar-refractivity contribution in [3.63, 3.8) is 0 Å². The van der Waals surface area contributed by atoms with E-state index in [2.05, 4.69) is 0 Å². The Bertz CT molecular complexity index is 587. The number of hydrogen-bond donors (Lipinski definition) is 1. The third-order valence-corrected chi connectivity index (χ3v) is 6.23. The molecule has 116 valence electrons. The normalized spacial score (nSPS) is 18.9. The molecule has 0 bridgehead atoms. The molecule has 21 heavy (non-hydrogen) atoms. The summed E-state index contributed by atoms with van der Waals surface area (Å²) in [4.78, 5) is 11.4. The predicted octanol–water partition coefficient (Wildman–Crippen LogP) is 3.02. The molecule has 0 heterocycles. The molecule has 0 amide bonds. The minimum Gasteiger partial charge on any atom is -0.480 e. The quantitative estimate of drug-likeness (QED) is 0.685. The van der Waals surface area contributed by atoms with Crippen LogP contribution in [0, 0.1) is 11.7 Å². The van der Waals surface area contributed by atoms with Gasteiger partial charge in [-0.1, -0.05) is 25.7 Å². The van der Waals surface area contributed by atoms with Gasteiger partial charge in [0, 0.05) is 0 Å². The van der Waals surface area contributed by atoms with Gasteiger partial charge in [0.2, 0.25) is 0 Å². The summed E-state index contributed by atoms with van der Waals surface area (Å²) in [5.74, 6) is -2.23. The number of benzene rings is 1. The van der Waals surface area contributed by atoms with Crippen LogP contribution in [0.25, 0.3) is 0 Å². The average molecular weight is 314 g/mol. The van der Waals surface area contributed by atoms with Gasteiger partial charge in [0.15, 0.2) is 15.1 Å². The van der Waals surface area contributed by atoms with E-state index in [1.165, 1.54) is 0 Å². The maximum Gasteiger partial charge on any atom is 0.322 e. The van der Waals surface area contributed by atoms with Crippen LogP contribution in [-0.4, -0.2) is 24.7 Å². The number of rotatable bonds is 4. The van der Waals surface area contributed by atoms with Crippen molar-refractivity contribution < 1.29 is 22.7 Å². The fraction of sp³-hybridized carbons (Fsp3) is 0.533. The Labute approximate surface area is 123 Å². The van der Waals surface area contributed by atoms with Gasteiger partial charge >= 0.3 is 5.97 Å². The van der Waals surface area contributed by atoms with Gasteiger partial charge in [-0.2, -0.15) is 0 Å². The first-order valence-electron chi connectivity index (χ1n) is 7.15. The predicted molar refractivity (Wildman–Crippen MR) is 76.2 cm³/mol. The largest absolute Gasteiger partial charge is 0.480 e. The van der Waals surface area contributed by atoms with Gasteiger partial charge in [0.05, 0.1) is 4.90 Å². The Balaban J connectivity index is 2.36. The lowest BCUT2D eigenvalue weighted by atomic mass is 9.96. The Kier molecular flexibility index (Phi) is 4.98. The van der Waals surface area contributed by atoms with Crippen LogP contribution in [0.3, 0.4) is 0 Å². The first kappa shape index (κ1) is 15.9. The molecule has 0 saturated heterocycles. The fourth-order valence-electron chi connectivity index (χ4n) is 2.97. The maximum absolute atomic E-state index is 12.9. The maximum atomic E-state index is 12.9. The van der Waals surface area contributed by atoms with Crippen molar-refractivity contribution in [2.45, 2.75) is 48.7 Å². The van der Waals surface area contributed by atoms with E-state index in [4.69, 9.17) is 0 Å². The first-order chi connectivity index (χ1) is 9.93. The second-order valence-electron chi connectivity index (χ2n) is 5.51. The van der Waals surface area contributed by atoms with Crippen LogP contribution in [0.2, 0.25) is 0 Å². The molecule has 0 spiro atoms. The highest BCUT2D eigenvalue weighted by Gasteiger charge is 2.40. The van der Waals surface area contributed by atoms with Gasteiger partial charge in [-0.3, -0.25) is 4.79 Å². The minimum absolute atomic E-state index is 0.124. The number of carboxylic acids is 1. The lowest BCUT2D eigenvalue weighted by Crippen LogP contribution is -2.37. The number of hydrogen-bond acceptors (Lipinski definition) is 3. The van der Waals surface area contributed by atoms with Gasteiger partial charge in [0.1, 0.15) is 5.82 Å². The Morgan fingerprint density at radius 1 is 1.10 bits per heavy atom. The van der Waals surface area contributed by atoms with E-state index in [0.717, 1.165) is 49.9 Å². The first-order valence-corrected chi connectivity index (χ1v) is 8.70. The fourth-order valence-corrected chi connectivity index (χ4v) is 4.83. The molecule has 1 aliphatic rings. The smallest absolute Gasteiger partial charge is 0.322 e. The summed E-state index contributed by atoms with van der Waals surface area (Å²) in [7, 11) is -4.00. The van der Waals surface area contributed by atoms with Crippen molar-refractivity contribution in [2.75, 3.05) is 0 Å². The van der Waals surface area contributed by atoms with Crippen LogP contribution in [0.4, 0.5) is 4.39 Å². The van der Waals surface area contributed by atoms with Crippen LogP contribution in [0.1, 0.15) is 38.5 Å². The number of sulfone groups is 1. The molecule has 1 aliphatic carbocycles. The second kappa shape index (κ2) is 6.56. The molecule has 1 aromatic rings. The Hall–Kier alpha value is -1.43. The second-order valence-corrected chi connectivity index (χ2v) is 7.58. The molecule has 1 saturated carbocycles. The molecule has 0 aliphatic heterocycles. The summed E-state index contributed by atoms with van der Waals surface area (Å²) in [5, 5.41) is 7.97. The molecular formula is C15H19FO4S. The van der Waals surface area contributed by atoms with E-state index in [0.29, 0.717) is 12.8 Å². The number of carboxylic acid groups (broad SMARTS) is 1. The molecule has 2 rings (SSSR count). The number of carbonyl (C=O) groups is 1. The van der Waals surface area contributed by atoms with E-state index in [9.17, 15) is 22.7 Å². The van der Waals surface area contributed by atoms with Crippen molar-refractivity contribution in [1.29, 1.82) is 0 Å². The van der Waals surface area contributed by atoms with Crippen LogP contribution in [-0.2, 0) is 14.6 Å². The summed E-state index contributed by atoms with van der Waals surface area (Å²) >= 11 is 0. The lowest BCUT2D eigenvalue weighted by molar-refractivity contribution is -0.137. The summed E-state index contributed by atoms with van der Waals surface area (Å²) in [6, 6.07) is 4.35. The molecule has 4 nitrogen and oxygen atoms in total. The summed E-state index contributed by atoms with van der Waals surface area (Å²) < 4.78 is 38.1. The van der Waals surface area contributed by atoms with Crippen LogP contribution in [0.15, 0.2) is 29.2 Å². The molecular weight excluding hydrogens is 295 g/mol. The van der Waals surface area contributed by atoms with Crippen molar-refractivity contribution in [1.82, 2.24) is 0 Å². The zero-order valence-electron chi connectivity index (χ0n) is 11.7. The lowest BCUT2D eigenvalue weighted by Gasteiger charge is -2.22. The van der Waals surface area contributed by atoms with Crippen LogP contribution in [0.5, 0.6) is 0 Å². The van der Waals surface area contributed by atoms with Gasteiger partial charge in [-0.15, -0.1) is 0 Å². The molecule has 1 fully saturated rings. The average Bonchev–Trinajstić information content (AvgIpc) is 2.67. The molecule has 1 aromatic carbocycles. The summed E-state index contributed by atoms with van der Waals surface area (Å²) in [6.45, 7) is 0. The van der Waals surface area contributed by atoms with Gasteiger partial charge in [0.25, 0.3) is 0 Å². The summed E-state index contributed by atoms with van der Waals surface area (Å²) in [5.41, 5.74) is 0. The van der Waals surface area contributed by atoms with Crippen molar-refractivity contribution >= 4 is 15.8 Å². The highest BCUT2D eigenvalue weighted by molar-refractivity contribution is 7.92.